The number of nitrogens with zero attached hydrogens (tertiary/aromatic N) is 2. The first-order valence-corrected chi connectivity index (χ1v) is 12.0. The van der Waals surface area contributed by atoms with Crippen LogP contribution >= 0.6 is 0 Å². The molecule has 1 aromatic heterocycles. The van der Waals surface area contributed by atoms with Crippen molar-refractivity contribution in [3.63, 3.8) is 0 Å². The SMILES string of the molecule is Cc1cccc(S(=O)(=O)c2cn(C)c3cc(N4CC(C)CC(C)C4)c(F)cc3c2=O)c1. The topological polar surface area (TPSA) is 59.4 Å². The summed E-state index contributed by atoms with van der Waals surface area (Å²) in [6.45, 7) is 7.59. The number of hydrogen-bond acceptors (Lipinski definition) is 4. The van der Waals surface area contributed by atoms with E-state index in [1.165, 1.54) is 24.4 Å². The fourth-order valence-corrected chi connectivity index (χ4v) is 6.17. The van der Waals surface area contributed by atoms with Gasteiger partial charge in [-0.3, -0.25) is 4.79 Å². The minimum Gasteiger partial charge on any atom is -0.369 e. The maximum absolute atomic E-state index is 15.1. The molecule has 2 aromatic carbocycles. The number of hydrogen-bond donors (Lipinski definition) is 0. The predicted molar refractivity (Wildman–Crippen MR) is 121 cm³/mol. The van der Waals surface area contributed by atoms with Crippen LogP contribution in [0.25, 0.3) is 10.9 Å². The molecule has 0 radical (unpaired) electrons. The summed E-state index contributed by atoms with van der Waals surface area (Å²) in [6.07, 6.45) is 2.44. The second-order valence-electron chi connectivity index (χ2n) is 8.93. The number of rotatable bonds is 3. The van der Waals surface area contributed by atoms with Crippen LogP contribution in [-0.2, 0) is 16.9 Å². The van der Waals surface area contributed by atoms with Crippen molar-refractivity contribution in [3.05, 3.63) is 64.2 Å². The van der Waals surface area contributed by atoms with Crippen LogP contribution in [0.15, 0.2) is 57.2 Å². The first-order valence-electron chi connectivity index (χ1n) is 10.5. The van der Waals surface area contributed by atoms with Gasteiger partial charge in [-0.05, 0) is 55.0 Å². The van der Waals surface area contributed by atoms with Crippen LogP contribution in [0.2, 0.25) is 0 Å². The molecule has 1 aliphatic rings. The number of sulfone groups is 1. The molecule has 164 valence electrons. The van der Waals surface area contributed by atoms with Gasteiger partial charge in [-0.25, -0.2) is 12.8 Å². The van der Waals surface area contributed by atoms with Crippen molar-refractivity contribution in [1.29, 1.82) is 0 Å². The number of fused-ring (bicyclic) bond motifs is 1. The lowest BCUT2D eigenvalue weighted by Gasteiger charge is -2.36. The highest BCUT2D eigenvalue weighted by atomic mass is 32.2. The highest BCUT2D eigenvalue weighted by Gasteiger charge is 2.27. The van der Waals surface area contributed by atoms with E-state index in [2.05, 4.69) is 13.8 Å². The van der Waals surface area contributed by atoms with E-state index >= 15 is 4.39 Å². The first-order chi connectivity index (χ1) is 14.6. The van der Waals surface area contributed by atoms with Gasteiger partial charge in [-0.1, -0.05) is 26.0 Å². The van der Waals surface area contributed by atoms with Gasteiger partial charge in [0.05, 0.1) is 21.5 Å². The summed E-state index contributed by atoms with van der Waals surface area (Å²) in [4.78, 5) is 14.9. The van der Waals surface area contributed by atoms with E-state index in [1.807, 2.05) is 4.90 Å². The summed E-state index contributed by atoms with van der Waals surface area (Å²) in [7, 11) is -2.35. The van der Waals surface area contributed by atoms with Crippen LogP contribution in [0, 0.1) is 24.6 Å². The molecule has 2 unspecified atom stereocenters. The summed E-state index contributed by atoms with van der Waals surface area (Å²) < 4.78 is 43.0. The van der Waals surface area contributed by atoms with Gasteiger partial charge in [-0.2, -0.15) is 0 Å². The van der Waals surface area contributed by atoms with Gasteiger partial charge in [0.15, 0.2) is 0 Å². The molecule has 4 rings (SSSR count). The van der Waals surface area contributed by atoms with E-state index in [9.17, 15) is 13.2 Å². The predicted octanol–water partition coefficient (Wildman–Crippen LogP) is 4.30. The Morgan fingerprint density at radius 2 is 1.74 bits per heavy atom. The molecule has 0 aliphatic carbocycles. The van der Waals surface area contributed by atoms with Crippen LogP contribution in [0.5, 0.6) is 0 Å². The Bertz CT molecular complexity index is 1320. The Hall–Kier alpha value is -2.67. The van der Waals surface area contributed by atoms with Crippen molar-refractivity contribution in [2.24, 2.45) is 18.9 Å². The van der Waals surface area contributed by atoms with E-state index in [1.54, 1.807) is 36.7 Å². The normalized spacial score (nSPS) is 19.7. The quantitative estimate of drug-likeness (QED) is 0.607. The molecule has 0 spiro atoms. The molecular weight excluding hydrogens is 415 g/mol. The molecule has 2 heterocycles. The highest BCUT2D eigenvalue weighted by Crippen LogP contribution is 2.31. The zero-order chi connectivity index (χ0) is 22.5. The summed E-state index contributed by atoms with van der Waals surface area (Å²) in [5.41, 5.74) is 1.06. The van der Waals surface area contributed by atoms with Crippen LogP contribution in [0.1, 0.15) is 25.8 Å². The second-order valence-corrected chi connectivity index (χ2v) is 10.8. The van der Waals surface area contributed by atoms with E-state index in [4.69, 9.17) is 0 Å². The summed E-state index contributed by atoms with van der Waals surface area (Å²) in [5, 5.41) is 0.0654. The van der Waals surface area contributed by atoms with Gasteiger partial charge in [-0.15, -0.1) is 0 Å². The molecule has 1 aliphatic heterocycles. The van der Waals surface area contributed by atoms with Crippen molar-refractivity contribution in [3.8, 4) is 0 Å². The van der Waals surface area contributed by atoms with E-state index in [-0.39, 0.29) is 15.2 Å². The zero-order valence-electron chi connectivity index (χ0n) is 18.2. The summed E-state index contributed by atoms with van der Waals surface area (Å²) in [6, 6.07) is 9.28. The highest BCUT2D eigenvalue weighted by molar-refractivity contribution is 7.91. The Morgan fingerprint density at radius 3 is 2.39 bits per heavy atom. The second kappa shape index (κ2) is 7.79. The molecule has 5 nitrogen and oxygen atoms in total. The lowest BCUT2D eigenvalue weighted by molar-refractivity contribution is 0.354. The van der Waals surface area contributed by atoms with Gasteiger partial charge >= 0.3 is 0 Å². The van der Waals surface area contributed by atoms with Crippen molar-refractivity contribution >= 4 is 26.4 Å². The molecule has 2 atom stereocenters. The molecule has 31 heavy (non-hydrogen) atoms. The fraction of sp³-hybridized carbons (Fsp3) is 0.375. The Balaban J connectivity index is 1.88. The Labute approximate surface area is 182 Å². The molecule has 0 bridgehead atoms. The van der Waals surface area contributed by atoms with E-state index in [0.29, 0.717) is 23.0 Å². The van der Waals surface area contributed by atoms with Gasteiger partial charge in [0.2, 0.25) is 15.3 Å². The Morgan fingerprint density at radius 1 is 1.06 bits per heavy atom. The lowest BCUT2D eigenvalue weighted by atomic mass is 9.91. The number of pyridine rings is 1. The van der Waals surface area contributed by atoms with Gasteiger partial charge in [0, 0.05) is 26.3 Å². The fourth-order valence-electron chi connectivity index (χ4n) is 4.66. The van der Waals surface area contributed by atoms with Crippen molar-refractivity contribution < 1.29 is 12.8 Å². The van der Waals surface area contributed by atoms with Crippen LogP contribution in [0.3, 0.4) is 0 Å². The zero-order valence-corrected chi connectivity index (χ0v) is 19.0. The maximum Gasteiger partial charge on any atom is 0.211 e. The molecule has 0 N–H and O–H groups in total. The number of aryl methyl sites for hydroxylation is 2. The number of anilines is 1. The molecule has 0 saturated carbocycles. The smallest absolute Gasteiger partial charge is 0.211 e. The van der Waals surface area contributed by atoms with Gasteiger partial charge < -0.3 is 9.47 Å². The average Bonchev–Trinajstić information content (AvgIpc) is 2.69. The first kappa shape index (κ1) is 21.6. The minimum atomic E-state index is -4.03. The molecule has 0 amide bonds. The van der Waals surface area contributed by atoms with E-state index < -0.39 is 21.1 Å². The van der Waals surface area contributed by atoms with Crippen LogP contribution in [0.4, 0.5) is 10.1 Å². The number of aromatic nitrogens is 1. The van der Waals surface area contributed by atoms with Crippen LogP contribution < -0.4 is 10.3 Å². The van der Waals surface area contributed by atoms with Crippen molar-refractivity contribution in [2.75, 3.05) is 18.0 Å². The minimum absolute atomic E-state index is 0.0531. The summed E-state index contributed by atoms with van der Waals surface area (Å²) in [5.74, 6) is 0.394. The third-order valence-electron chi connectivity index (χ3n) is 6.02. The van der Waals surface area contributed by atoms with E-state index in [0.717, 1.165) is 25.1 Å². The monoisotopic (exact) mass is 442 g/mol. The van der Waals surface area contributed by atoms with Crippen molar-refractivity contribution in [1.82, 2.24) is 4.57 Å². The third kappa shape index (κ3) is 3.87. The maximum atomic E-state index is 15.1. The standard InChI is InChI=1S/C24H27FN2O3S/c1-15-6-5-7-18(9-15)31(29,30)23-14-26(4)21-11-22(20(25)10-19(21)24(23)28)27-12-16(2)8-17(3)13-27/h5-7,9-11,14,16-17H,8,12-13H2,1-4H3. The van der Waals surface area contributed by atoms with Gasteiger partial charge in [0.25, 0.3) is 0 Å². The number of benzene rings is 2. The molecule has 1 fully saturated rings. The Kier molecular flexibility index (Phi) is 5.41. The average molecular weight is 443 g/mol. The number of piperidine rings is 1. The van der Waals surface area contributed by atoms with Crippen LogP contribution in [-0.4, -0.2) is 26.1 Å². The molecule has 7 heteroatoms. The molecule has 3 aromatic rings. The lowest BCUT2D eigenvalue weighted by Crippen LogP contribution is -2.39. The largest absolute Gasteiger partial charge is 0.369 e. The third-order valence-corrected chi connectivity index (χ3v) is 7.77. The molecular formula is C24H27FN2O3S. The van der Waals surface area contributed by atoms with Crippen molar-refractivity contribution in [2.45, 2.75) is 37.0 Å². The number of halogens is 1. The molecule has 1 saturated heterocycles. The summed E-state index contributed by atoms with van der Waals surface area (Å²) >= 11 is 0. The van der Waals surface area contributed by atoms with Gasteiger partial charge in [0.1, 0.15) is 10.7 Å².